The van der Waals surface area contributed by atoms with Gasteiger partial charge in [-0.25, -0.2) is 16.8 Å². The summed E-state index contributed by atoms with van der Waals surface area (Å²) in [6.45, 7) is 1.84. The molecule has 0 unspecified atom stereocenters. The van der Waals surface area contributed by atoms with Crippen molar-refractivity contribution in [2.45, 2.75) is 11.8 Å². The van der Waals surface area contributed by atoms with Crippen LogP contribution in [0.5, 0.6) is 0 Å². The molecule has 0 aliphatic rings. The van der Waals surface area contributed by atoms with E-state index in [9.17, 15) is 17.6 Å². The minimum absolute atomic E-state index is 0.00548. The van der Waals surface area contributed by atoms with Crippen LogP contribution in [0, 0.1) is 12.7 Å². The van der Waals surface area contributed by atoms with E-state index < -0.39 is 27.3 Å². The molecule has 3 N–H and O–H groups in total. The van der Waals surface area contributed by atoms with E-state index in [1.54, 1.807) is 12.1 Å². The molecule has 164 valence electrons. The van der Waals surface area contributed by atoms with Crippen LogP contribution < -0.4 is 11.1 Å². The maximum Gasteiger partial charge on any atom is 0.269 e. The van der Waals surface area contributed by atoms with Gasteiger partial charge in [-0.2, -0.15) is 9.97 Å². The molecule has 32 heavy (non-hydrogen) atoms. The van der Waals surface area contributed by atoms with E-state index in [0.29, 0.717) is 0 Å². The van der Waals surface area contributed by atoms with Crippen LogP contribution in [0.2, 0.25) is 10.3 Å². The van der Waals surface area contributed by atoms with Gasteiger partial charge in [0, 0.05) is 11.2 Å². The summed E-state index contributed by atoms with van der Waals surface area (Å²) < 4.78 is 41.5. The number of aromatic nitrogens is 3. The Morgan fingerprint density at radius 1 is 1.12 bits per heavy atom. The number of hydrogen-bond donors (Lipinski definition) is 2. The van der Waals surface area contributed by atoms with Crippen molar-refractivity contribution in [2.75, 3.05) is 5.32 Å². The van der Waals surface area contributed by atoms with Gasteiger partial charge in [0.25, 0.3) is 15.9 Å². The van der Waals surface area contributed by atoms with Crippen molar-refractivity contribution in [3.8, 4) is 0 Å². The molecule has 4 aromatic rings. The number of amides is 1. The van der Waals surface area contributed by atoms with Crippen molar-refractivity contribution in [1.29, 1.82) is 0 Å². The number of nitrogens with two attached hydrogens (primary N) is 1. The summed E-state index contributed by atoms with van der Waals surface area (Å²) in [7, 11) is -4.00. The monoisotopic (exact) mass is 493 g/mol. The van der Waals surface area contributed by atoms with Gasteiger partial charge in [0.1, 0.15) is 11.6 Å². The standard InChI is InChI=1S/C20H14Cl2FN5O3S/c1-10-2-4-12(5-3-10)32(30,31)28-7-6-13-18(26-20(22)27-19(13)28)25-15-9-11(21)8-14(23)16(15)17(24)29/h2-9H,1H3,(H2,24,29)(H,25,26,27). The minimum Gasteiger partial charge on any atom is -0.365 e. The van der Waals surface area contributed by atoms with Crippen molar-refractivity contribution in [3.63, 3.8) is 0 Å². The van der Waals surface area contributed by atoms with Crippen LogP contribution in [0.15, 0.2) is 53.6 Å². The Bertz CT molecular complexity index is 1490. The van der Waals surface area contributed by atoms with Gasteiger partial charge >= 0.3 is 0 Å². The van der Waals surface area contributed by atoms with Crippen LogP contribution in [0.25, 0.3) is 11.0 Å². The van der Waals surface area contributed by atoms with E-state index in [-0.39, 0.29) is 37.7 Å². The Hall–Kier alpha value is -3.21. The summed E-state index contributed by atoms with van der Waals surface area (Å²) in [5, 5.41) is 2.74. The lowest BCUT2D eigenvalue weighted by atomic mass is 10.1. The summed E-state index contributed by atoms with van der Waals surface area (Å²) in [4.78, 5) is 19.9. The summed E-state index contributed by atoms with van der Waals surface area (Å²) in [5.74, 6) is -1.93. The molecule has 0 saturated heterocycles. The number of benzene rings is 2. The molecule has 0 atom stereocenters. The quantitative estimate of drug-likeness (QED) is 0.400. The van der Waals surface area contributed by atoms with Crippen LogP contribution in [0.1, 0.15) is 15.9 Å². The van der Waals surface area contributed by atoms with Crippen LogP contribution in [0.3, 0.4) is 0 Å². The Balaban J connectivity index is 1.88. The zero-order valence-corrected chi connectivity index (χ0v) is 18.6. The Kier molecular flexibility index (Phi) is 5.53. The second kappa shape index (κ2) is 8.05. The molecule has 12 heteroatoms. The first-order chi connectivity index (χ1) is 15.1. The number of anilines is 2. The number of rotatable bonds is 5. The van der Waals surface area contributed by atoms with Crippen molar-refractivity contribution in [2.24, 2.45) is 5.73 Å². The number of carbonyl (C=O) groups is 1. The van der Waals surface area contributed by atoms with E-state index >= 15 is 0 Å². The molecule has 0 radical (unpaired) electrons. The second-order valence-electron chi connectivity index (χ2n) is 6.81. The molecule has 0 fully saturated rings. The van der Waals surface area contributed by atoms with Crippen molar-refractivity contribution >= 4 is 61.7 Å². The fourth-order valence-corrected chi connectivity index (χ4v) is 4.79. The average molecular weight is 494 g/mol. The fourth-order valence-electron chi connectivity index (χ4n) is 3.13. The zero-order valence-electron chi connectivity index (χ0n) is 16.3. The van der Waals surface area contributed by atoms with Crippen LogP contribution >= 0.6 is 23.2 Å². The molecular weight excluding hydrogens is 480 g/mol. The smallest absolute Gasteiger partial charge is 0.269 e. The van der Waals surface area contributed by atoms with Crippen LogP contribution in [-0.4, -0.2) is 28.3 Å². The first kappa shape index (κ1) is 22.0. The Morgan fingerprint density at radius 3 is 2.47 bits per heavy atom. The summed E-state index contributed by atoms with van der Waals surface area (Å²) >= 11 is 11.9. The molecule has 0 aliphatic carbocycles. The predicted octanol–water partition coefficient (Wildman–Crippen LogP) is 4.27. The van der Waals surface area contributed by atoms with E-state index in [1.165, 1.54) is 30.5 Å². The van der Waals surface area contributed by atoms with Gasteiger partial charge in [-0.15, -0.1) is 0 Å². The maximum atomic E-state index is 14.3. The molecule has 0 saturated carbocycles. The lowest BCUT2D eigenvalue weighted by Gasteiger charge is -2.12. The summed E-state index contributed by atoms with van der Waals surface area (Å²) in [6, 6.07) is 9.98. The number of carbonyl (C=O) groups excluding carboxylic acids is 1. The summed E-state index contributed by atoms with van der Waals surface area (Å²) in [6.07, 6.45) is 1.30. The number of nitrogens with zero attached hydrogens (tertiary/aromatic N) is 3. The van der Waals surface area contributed by atoms with Gasteiger partial charge < -0.3 is 11.1 Å². The molecular formula is C20H14Cl2FN5O3S. The third-order valence-corrected chi connectivity index (χ3v) is 6.68. The van der Waals surface area contributed by atoms with Gasteiger partial charge in [-0.1, -0.05) is 29.3 Å². The van der Waals surface area contributed by atoms with E-state index in [4.69, 9.17) is 28.9 Å². The van der Waals surface area contributed by atoms with E-state index in [1.807, 2.05) is 6.92 Å². The van der Waals surface area contributed by atoms with Gasteiger partial charge in [-0.05, 0) is 48.9 Å². The number of aryl methyl sites for hydroxylation is 1. The highest BCUT2D eigenvalue weighted by Crippen LogP contribution is 2.32. The SMILES string of the molecule is Cc1ccc(S(=O)(=O)n2ccc3c(Nc4cc(Cl)cc(F)c4C(N)=O)nc(Cl)nc32)cc1. The maximum absolute atomic E-state index is 14.3. The first-order valence-corrected chi connectivity index (χ1v) is 11.2. The summed E-state index contributed by atoms with van der Waals surface area (Å²) in [5.41, 5.74) is 5.67. The molecule has 2 aromatic carbocycles. The Labute approximate surface area is 191 Å². The third-order valence-electron chi connectivity index (χ3n) is 4.62. The molecule has 8 nitrogen and oxygen atoms in total. The van der Waals surface area contributed by atoms with Crippen molar-refractivity contribution in [1.82, 2.24) is 13.9 Å². The highest BCUT2D eigenvalue weighted by molar-refractivity contribution is 7.90. The lowest BCUT2D eigenvalue weighted by molar-refractivity contribution is 0.0997. The van der Waals surface area contributed by atoms with E-state index in [0.717, 1.165) is 15.6 Å². The van der Waals surface area contributed by atoms with Gasteiger partial charge in [-0.3, -0.25) is 4.79 Å². The third kappa shape index (κ3) is 3.88. The second-order valence-corrected chi connectivity index (χ2v) is 9.40. The Morgan fingerprint density at radius 2 is 1.81 bits per heavy atom. The van der Waals surface area contributed by atoms with Crippen molar-refractivity contribution < 1.29 is 17.6 Å². The van der Waals surface area contributed by atoms with Gasteiger partial charge in [0.2, 0.25) is 5.28 Å². The van der Waals surface area contributed by atoms with Gasteiger partial charge in [0.15, 0.2) is 5.65 Å². The first-order valence-electron chi connectivity index (χ1n) is 9.00. The number of hydrogen-bond acceptors (Lipinski definition) is 6. The van der Waals surface area contributed by atoms with Crippen LogP contribution in [0.4, 0.5) is 15.9 Å². The highest BCUT2D eigenvalue weighted by Gasteiger charge is 2.23. The lowest BCUT2D eigenvalue weighted by Crippen LogP contribution is -2.16. The molecule has 4 rings (SSSR count). The highest BCUT2D eigenvalue weighted by atomic mass is 35.5. The molecule has 0 aliphatic heterocycles. The molecule has 1 amide bonds. The number of nitrogens with one attached hydrogen (secondary N) is 1. The molecule has 0 bridgehead atoms. The minimum atomic E-state index is -4.00. The molecule has 2 heterocycles. The number of primary amides is 1. The van der Waals surface area contributed by atoms with Crippen molar-refractivity contribution in [3.05, 3.63) is 75.9 Å². The molecule has 0 spiro atoms. The normalized spacial score (nSPS) is 11.6. The number of fused-ring (bicyclic) bond motifs is 1. The van der Waals surface area contributed by atoms with Gasteiger partial charge in [0.05, 0.1) is 21.5 Å². The van der Waals surface area contributed by atoms with E-state index in [2.05, 4.69) is 15.3 Å². The zero-order chi connectivity index (χ0) is 23.2. The largest absolute Gasteiger partial charge is 0.365 e. The topological polar surface area (TPSA) is 120 Å². The predicted molar refractivity (Wildman–Crippen MR) is 120 cm³/mol. The fraction of sp³-hybridized carbons (Fsp3) is 0.0500. The molecule has 2 aromatic heterocycles. The number of halogens is 3. The average Bonchev–Trinajstić information content (AvgIpc) is 3.12. The van der Waals surface area contributed by atoms with Crippen LogP contribution in [-0.2, 0) is 10.0 Å².